The molecule has 1 fully saturated rings. The number of nitrogens with one attached hydrogen (secondary N) is 1. The van der Waals surface area contributed by atoms with Crippen LogP contribution in [0.4, 0.5) is 21.1 Å². The van der Waals surface area contributed by atoms with Crippen molar-refractivity contribution in [1.82, 2.24) is 20.1 Å². The number of carbonyl (C=O) groups is 2. The van der Waals surface area contributed by atoms with Gasteiger partial charge in [0.15, 0.2) is 0 Å². The van der Waals surface area contributed by atoms with Crippen molar-refractivity contribution in [2.24, 2.45) is 0 Å². The number of aromatic nitrogens is 3. The molecule has 44 heavy (non-hydrogen) atoms. The van der Waals surface area contributed by atoms with Gasteiger partial charge in [-0.05, 0) is 114 Å². The van der Waals surface area contributed by atoms with Crippen molar-refractivity contribution in [2.75, 3.05) is 4.90 Å². The third-order valence-corrected chi connectivity index (χ3v) is 7.04. The molecule has 0 saturated heterocycles. The number of amides is 2. The Hall–Kier alpha value is -3.34. The molecule has 2 aromatic rings. The monoisotopic (exact) mass is 615 g/mol. The van der Waals surface area contributed by atoms with E-state index in [1.54, 1.807) is 18.3 Å². The van der Waals surface area contributed by atoms with E-state index >= 15 is 0 Å². The van der Waals surface area contributed by atoms with Gasteiger partial charge in [0.2, 0.25) is 5.88 Å². The summed E-state index contributed by atoms with van der Waals surface area (Å²) in [5, 5.41) is 18.0. The fourth-order valence-electron chi connectivity index (χ4n) is 5.04. The third-order valence-electron chi connectivity index (χ3n) is 7.04. The van der Waals surface area contributed by atoms with Gasteiger partial charge in [-0.2, -0.15) is 5.10 Å². The molecule has 11 heteroatoms. The highest BCUT2D eigenvalue weighted by Gasteiger charge is 2.34. The maximum atomic E-state index is 13.8. The molecule has 2 N–H and O–H groups in total. The number of anilines is 2. The van der Waals surface area contributed by atoms with Crippen molar-refractivity contribution < 1.29 is 28.9 Å². The number of carbonyl (C=O) groups excluding carboxylic acids is 2. The number of ether oxygens (including phenoxy) is 3. The van der Waals surface area contributed by atoms with Crippen LogP contribution in [0.2, 0.25) is 0 Å². The molecular formula is C33H53N5O6. The Bertz CT molecular complexity index is 1270. The zero-order chi connectivity index (χ0) is 33.0. The van der Waals surface area contributed by atoms with Gasteiger partial charge in [-0.3, -0.25) is 0 Å². The number of aliphatic hydroxyl groups is 1. The van der Waals surface area contributed by atoms with Crippen LogP contribution >= 0.6 is 0 Å². The van der Waals surface area contributed by atoms with Crippen molar-refractivity contribution in [2.45, 2.75) is 149 Å². The van der Waals surface area contributed by atoms with Crippen LogP contribution in [0.15, 0.2) is 24.4 Å². The number of alkyl carbamates (subject to hydrolysis) is 1. The molecule has 2 heterocycles. The molecule has 2 amide bonds. The molecule has 1 aliphatic carbocycles. The van der Waals surface area contributed by atoms with Gasteiger partial charge in [-0.25, -0.2) is 24.2 Å². The van der Waals surface area contributed by atoms with Gasteiger partial charge in [0.25, 0.3) is 0 Å². The number of hydrogen-bond acceptors (Lipinski definition) is 8. The van der Waals surface area contributed by atoms with Gasteiger partial charge < -0.3 is 24.6 Å². The predicted octanol–water partition coefficient (Wildman–Crippen LogP) is 7.20. The van der Waals surface area contributed by atoms with Gasteiger partial charge in [0.1, 0.15) is 17.0 Å². The number of rotatable bonds is 9. The molecule has 246 valence electrons. The zero-order valence-electron chi connectivity index (χ0n) is 28.4. The highest BCUT2D eigenvalue weighted by atomic mass is 16.6. The van der Waals surface area contributed by atoms with Gasteiger partial charge in [-0.1, -0.05) is 0 Å². The van der Waals surface area contributed by atoms with Crippen molar-refractivity contribution in [1.29, 1.82) is 0 Å². The number of aliphatic hydroxyl groups excluding tert-OH is 1. The topological polar surface area (TPSA) is 128 Å². The first-order valence-corrected chi connectivity index (χ1v) is 15.7. The summed E-state index contributed by atoms with van der Waals surface area (Å²) in [6.07, 6.45) is 3.60. The molecule has 3 rings (SSSR count). The maximum absolute atomic E-state index is 13.8. The Balaban J connectivity index is 1.86. The molecular weight excluding hydrogens is 562 g/mol. The van der Waals surface area contributed by atoms with Gasteiger partial charge in [-0.15, -0.1) is 0 Å². The van der Waals surface area contributed by atoms with Crippen LogP contribution in [0.3, 0.4) is 0 Å². The minimum atomic E-state index is -0.731. The SMILES string of the molecule is C[C@H](CC[C@H](C)Oc1cc(N(C(=O)OC(C)(C)C)c2cc([C@H]3CC[C@@H](O)C3)nn2C(C)(C)C)ccn1)NC(=O)OC(C)(C)C. The summed E-state index contributed by atoms with van der Waals surface area (Å²) in [5.74, 6) is 1.03. The maximum Gasteiger partial charge on any atom is 0.420 e. The minimum absolute atomic E-state index is 0.106. The van der Waals surface area contributed by atoms with E-state index in [2.05, 4.69) is 10.3 Å². The van der Waals surface area contributed by atoms with Crippen LogP contribution in [0.5, 0.6) is 5.88 Å². The second-order valence-electron chi connectivity index (χ2n) is 14.9. The largest absolute Gasteiger partial charge is 0.475 e. The van der Waals surface area contributed by atoms with E-state index in [0.29, 0.717) is 36.6 Å². The highest BCUT2D eigenvalue weighted by molar-refractivity contribution is 5.95. The molecule has 2 aromatic heterocycles. The molecule has 0 spiro atoms. The Kier molecular flexibility index (Phi) is 11.0. The second kappa shape index (κ2) is 13.7. The van der Waals surface area contributed by atoms with E-state index in [1.807, 2.05) is 86.9 Å². The fraction of sp³-hybridized carbons (Fsp3) is 0.697. The quantitative estimate of drug-likeness (QED) is 0.303. The summed E-state index contributed by atoms with van der Waals surface area (Å²) in [6, 6.07) is 5.29. The van der Waals surface area contributed by atoms with E-state index in [0.717, 1.165) is 18.5 Å². The van der Waals surface area contributed by atoms with Crippen molar-refractivity contribution >= 4 is 23.7 Å². The van der Waals surface area contributed by atoms with Crippen LogP contribution in [0.1, 0.15) is 120 Å². The average Bonchev–Trinajstić information content (AvgIpc) is 3.47. The summed E-state index contributed by atoms with van der Waals surface area (Å²) in [6.45, 7) is 20.9. The minimum Gasteiger partial charge on any atom is -0.475 e. The summed E-state index contributed by atoms with van der Waals surface area (Å²) in [4.78, 5) is 31.9. The molecule has 0 aliphatic heterocycles. The molecule has 0 unspecified atom stereocenters. The molecule has 0 bridgehead atoms. The van der Waals surface area contributed by atoms with Crippen LogP contribution in [-0.2, 0) is 15.0 Å². The molecule has 11 nitrogen and oxygen atoms in total. The van der Waals surface area contributed by atoms with E-state index in [4.69, 9.17) is 19.3 Å². The first kappa shape index (κ1) is 35.1. The lowest BCUT2D eigenvalue weighted by atomic mass is 10.0. The lowest BCUT2D eigenvalue weighted by Gasteiger charge is -2.30. The summed E-state index contributed by atoms with van der Waals surface area (Å²) >= 11 is 0. The van der Waals surface area contributed by atoms with Crippen LogP contribution in [-0.4, -0.2) is 61.5 Å². The van der Waals surface area contributed by atoms with E-state index in [-0.39, 0.29) is 24.2 Å². The Morgan fingerprint density at radius 2 is 1.68 bits per heavy atom. The van der Waals surface area contributed by atoms with Gasteiger partial charge >= 0.3 is 12.2 Å². The summed E-state index contributed by atoms with van der Waals surface area (Å²) in [5.41, 5.74) is -0.371. The summed E-state index contributed by atoms with van der Waals surface area (Å²) < 4.78 is 19.2. The lowest BCUT2D eigenvalue weighted by molar-refractivity contribution is 0.0500. The molecule has 0 radical (unpaired) electrons. The lowest BCUT2D eigenvalue weighted by Crippen LogP contribution is -2.38. The van der Waals surface area contributed by atoms with Gasteiger partial charge in [0.05, 0.1) is 29.1 Å². The van der Waals surface area contributed by atoms with E-state index in [1.165, 1.54) is 4.90 Å². The van der Waals surface area contributed by atoms with Gasteiger partial charge in [0, 0.05) is 30.3 Å². The molecule has 1 aliphatic rings. The van der Waals surface area contributed by atoms with Crippen LogP contribution in [0, 0.1) is 0 Å². The van der Waals surface area contributed by atoms with Crippen LogP contribution < -0.4 is 15.0 Å². The normalized spacial score (nSPS) is 18.8. The first-order chi connectivity index (χ1) is 20.2. The smallest absolute Gasteiger partial charge is 0.420 e. The highest BCUT2D eigenvalue weighted by Crippen LogP contribution is 2.39. The first-order valence-electron chi connectivity index (χ1n) is 15.7. The van der Waals surface area contributed by atoms with Crippen molar-refractivity contribution in [3.63, 3.8) is 0 Å². The third kappa shape index (κ3) is 10.4. The number of nitrogens with zero attached hydrogens (tertiary/aromatic N) is 4. The Morgan fingerprint density at radius 1 is 1.02 bits per heavy atom. The second-order valence-corrected chi connectivity index (χ2v) is 14.9. The Morgan fingerprint density at radius 3 is 2.25 bits per heavy atom. The van der Waals surface area contributed by atoms with Crippen molar-refractivity contribution in [3.05, 3.63) is 30.1 Å². The fourth-order valence-corrected chi connectivity index (χ4v) is 5.04. The molecule has 4 atom stereocenters. The Labute approximate surface area is 262 Å². The van der Waals surface area contributed by atoms with E-state index < -0.39 is 28.9 Å². The predicted molar refractivity (Wildman–Crippen MR) is 171 cm³/mol. The van der Waals surface area contributed by atoms with Crippen molar-refractivity contribution in [3.8, 4) is 5.88 Å². The van der Waals surface area contributed by atoms with Crippen LogP contribution in [0.25, 0.3) is 0 Å². The standard InChI is InChI=1S/C33H53N5O6/c1-21(35-29(40)43-32(6,7)8)12-13-22(2)42-27-19-24(16-17-34-27)37(30(41)44-33(9,10)11)28-20-26(23-14-15-25(39)18-23)36-38(28)31(3,4)5/h16-17,19-23,25,39H,12-15,18H2,1-11H3,(H,35,40)/t21-,22+,23+,25-/m1/s1. The molecule has 1 saturated carbocycles. The number of pyridine rings is 1. The summed E-state index contributed by atoms with van der Waals surface area (Å²) in [7, 11) is 0. The zero-order valence-corrected chi connectivity index (χ0v) is 28.4. The number of hydrogen-bond donors (Lipinski definition) is 2. The average molecular weight is 616 g/mol. The van der Waals surface area contributed by atoms with E-state index in [9.17, 15) is 14.7 Å². The molecule has 0 aromatic carbocycles.